The average Bonchev–Trinajstić information content (AvgIpc) is 3.69. The molecule has 57 heavy (non-hydrogen) atoms. The maximum absolute atomic E-state index is 14.1. The lowest BCUT2D eigenvalue weighted by molar-refractivity contribution is -0.144. The van der Waals surface area contributed by atoms with Crippen LogP contribution in [0.4, 0.5) is 0 Å². The number of guanidine groups is 1. The van der Waals surface area contributed by atoms with Gasteiger partial charge in [0.25, 0.3) is 0 Å². The fourth-order valence-corrected chi connectivity index (χ4v) is 7.79. The summed E-state index contributed by atoms with van der Waals surface area (Å²) in [5.74, 6) is -2.68. The first-order chi connectivity index (χ1) is 27.3. The Balaban J connectivity index is 1.46. The summed E-state index contributed by atoms with van der Waals surface area (Å²) in [4.78, 5) is 71.3. The topological polar surface area (TPSA) is 236 Å². The molecule has 0 aliphatic carbocycles. The molecule has 0 spiro atoms. The van der Waals surface area contributed by atoms with Crippen molar-refractivity contribution in [2.75, 3.05) is 26.2 Å². The number of unbranched alkanes of at least 4 members (excludes halogenated alkanes) is 1. The number of nitrogens with two attached hydrogens (primary N) is 2. The number of rotatable bonds is 21. The lowest BCUT2D eigenvalue weighted by atomic mass is 9.98. The van der Waals surface area contributed by atoms with Crippen molar-refractivity contribution in [2.45, 2.75) is 121 Å². The summed E-state index contributed by atoms with van der Waals surface area (Å²) in [7, 11) is 0. The Morgan fingerprint density at radius 2 is 1.39 bits per heavy atom. The van der Waals surface area contributed by atoms with Gasteiger partial charge in [-0.25, -0.2) is 0 Å². The predicted molar refractivity (Wildman–Crippen MR) is 219 cm³/mol. The Bertz CT molecular complexity index is 1620. The third-order valence-corrected chi connectivity index (χ3v) is 10.8. The van der Waals surface area contributed by atoms with Crippen LogP contribution in [0.5, 0.6) is 0 Å². The van der Waals surface area contributed by atoms with Crippen LogP contribution in [0.1, 0.15) is 82.8 Å². The standard InChI is InChI=1S/C42H63N9O6/c1-28(2)26-35(49-38(53)33(19-18-29-12-5-3-6-13-29)47-37(52)32(43)27-30-14-7-4-8-15-30)39(54)48-34(16-9-10-22-46-42(44)45)40(55)50-24-20-31(21-25-50)51-23-11-17-36(51)41(56)57/h3-8,12-15,28,31-36H,9-11,16-27,43H2,1-2H3,(H,47,52)(H,48,54)(H,49,53)(H,56,57)(H4,44,45,46)/t32-,33-,34-,35-,36?/m1/s1. The summed E-state index contributed by atoms with van der Waals surface area (Å²) in [6.07, 6.45) is 5.56. The Labute approximate surface area is 336 Å². The molecule has 15 heteroatoms. The highest BCUT2D eigenvalue weighted by molar-refractivity contribution is 5.95. The average molecular weight is 790 g/mol. The number of hydrogen-bond donors (Lipinski definition) is 8. The van der Waals surface area contributed by atoms with Crippen LogP contribution in [-0.2, 0) is 36.8 Å². The van der Waals surface area contributed by atoms with Crippen LogP contribution in [0.3, 0.4) is 0 Å². The first-order valence-electron chi connectivity index (χ1n) is 20.4. The molecular weight excluding hydrogens is 727 g/mol. The number of carbonyl (C=O) groups is 5. The van der Waals surface area contributed by atoms with E-state index < -0.39 is 53.9 Å². The molecule has 2 fully saturated rings. The van der Waals surface area contributed by atoms with Gasteiger partial charge in [-0.2, -0.15) is 0 Å². The highest BCUT2D eigenvalue weighted by Gasteiger charge is 2.39. The van der Waals surface area contributed by atoms with E-state index in [4.69, 9.17) is 16.9 Å². The first-order valence-corrected chi connectivity index (χ1v) is 20.4. The third-order valence-electron chi connectivity index (χ3n) is 10.8. The van der Waals surface area contributed by atoms with Gasteiger partial charge in [-0.3, -0.25) is 34.3 Å². The van der Waals surface area contributed by atoms with E-state index >= 15 is 0 Å². The van der Waals surface area contributed by atoms with E-state index in [2.05, 4.69) is 26.2 Å². The van der Waals surface area contributed by atoms with Crippen LogP contribution in [0.25, 0.3) is 0 Å². The van der Waals surface area contributed by atoms with Crippen LogP contribution in [0, 0.1) is 11.3 Å². The van der Waals surface area contributed by atoms with Gasteiger partial charge in [0.15, 0.2) is 5.96 Å². The molecule has 15 nitrogen and oxygen atoms in total. The van der Waals surface area contributed by atoms with Gasteiger partial charge in [-0.1, -0.05) is 74.5 Å². The Hall–Kier alpha value is -5.02. The predicted octanol–water partition coefficient (Wildman–Crippen LogP) is 1.88. The quantitative estimate of drug-likeness (QED) is 0.0520. The summed E-state index contributed by atoms with van der Waals surface area (Å²) >= 11 is 0. The van der Waals surface area contributed by atoms with Gasteiger partial charge in [-0.15, -0.1) is 0 Å². The molecule has 4 rings (SSSR count). The minimum Gasteiger partial charge on any atom is -0.480 e. The van der Waals surface area contributed by atoms with E-state index in [1.165, 1.54) is 0 Å². The Morgan fingerprint density at radius 1 is 0.789 bits per heavy atom. The van der Waals surface area contributed by atoms with Crippen LogP contribution < -0.4 is 32.7 Å². The van der Waals surface area contributed by atoms with Crippen molar-refractivity contribution in [3.8, 4) is 0 Å². The van der Waals surface area contributed by atoms with Crippen molar-refractivity contribution < 1.29 is 29.1 Å². The van der Waals surface area contributed by atoms with Gasteiger partial charge in [0.1, 0.15) is 24.2 Å². The van der Waals surface area contributed by atoms with E-state index in [-0.39, 0.29) is 36.7 Å². The van der Waals surface area contributed by atoms with Crippen molar-refractivity contribution >= 4 is 35.6 Å². The summed E-state index contributed by atoms with van der Waals surface area (Å²) in [6.45, 7) is 5.91. The van der Waals surface area contributed by atoms with Crippen molar-refractivity contribution in [2.24, 2.45) is 17.4 Å². The summed E-state index contributed by atoms with van der Waals surface area (Å²) in [6, 6.07) is 14.8. The van der Waals surface area contributed by atoms with Crippen LogP contribution in [0.2, 0.25) is 0 Å². The van der Waals surface area contributed by atoms with Gasteiger partial charge in [0, 0.05) is 25.7 Å². The number of carboxylic acid groups (broad SMARTS) is 1. The minimum absolute atomic E-state index is 0.00348. The lowest BCUT2D eigenvalue weighted by Crippen LogP contribution is -2.59. The van der Waals surface area contributed by atoms with Gasteiger partial charge in [0.05, 0.1) is 6.04 Å². The second-order valence-electron chi connectivity index (χ2n) is 15.8. The van der Waals surface area contributed by atoms with Crippen molar-refractivity contribution in [3.63, 3.8) is 0 Å². The fourth-order valence-electron chi connectivity index (χ4n) is 7.79. The van der Waals surface area contributed by atoms with Crippen LogP contribution in [-0.4, -0.2) is 113 Å². The molecule has 312 valence electrons. The molecule has 2 aliphatic rings. The SMILES string of the molecule is CC(C)C[C@@H](NC(=O)[C@@H](CCc1ccccc1)NC(=O)[C@H](N)Cc1ccccc1)C(=O)N[C@H](CCCCNC(=N)N)C(=O)N1CCC(N2CCCC2C(=O)O)CC1. The van der Waals surface area contributed by atoms with Gasteiger partial charge < -0.3 is 42.7 Å². The Kier molecular flexibility index (Phi) is 17.8. The molecule has 0 saturated carbocycles. The zero-order valence-corrected chi connectivity index (χ0v) is 33.5. The number of carbonyl (C=O) groups excluding carboxylic acids is 4. The number of amides is 4. The van der Waals surface area contributed by atoms with Gasteiger partial charge in [-0.05, 0) is 94.2 Å². The minimum atomic E-state index is -0.991. The molecule has 2 aromatic carbocycles. The zero-order valence-electron chi connectivity index (χ0n) is 33.5. The van der Waals surface area contributed by atoms with Crippen molar-refractivity contribution in [3.05, 3.63) is 71.8 Å². The number of nitrogens with one attached hydrogen (secondary N) is 5. The van der Waals surface area contributed by atoms with Gasteiger partial charge >= 0.3 is 5.97 Å². The molecule has 0 aromatic heterocycles. The lowest BCUT2D eigenvalue weighted by Gasteiger charge is -2.39. The molecule has 2 saturated heterocycles. The molecule has 0 radical (unpaired) electrons. The molecule has 0 bridgehead atoms. The summed E-state index contributed by atoms with van der Waals surface area (Å²) in [5.41, 5.74) is 13.6. The number of carboxylic acids is 1. The normalized spacial score (nSPS) is 18.2. The molecule has 2 aromatic rings. The molecule has 2 heterocycles. The number of nitrogens with zero attached hydrogens (tertiary/aromatic N) is 2. The van der Waals surface area contributed by atoms with E-state index in [9.17, 15) is 29.1 Å². The maximum Gasteiger partial charge on any atom is 0.320 e. The Morgan fingerprint density at radius 3 is 2.00 bits per heavy atom. The van der Waals surface area contributed by atoms with Gasteiger partial charge in [0.2, 0.25) is 23.6 Å². The highest BCUT2D eigenvalue weighted by Crippen LogP contribution is 2.27. The number of aliphatic carboxylic acids is 1. The zero-order chi connectivity index (χ0) is 41.3. The smallest absolute Gasteiger partial charge is 0.320 e. The van der Waals surface area contributed by atoms with Crippen LogP contribution in [0.15, 0.2) is 60.7 Å². The first kappa shape index (κ1) is 44.7. The molecule has 10 N–H and O–H groups in total. The summed E-state index contributed by atoms with van der Waals surface area (Å²) < 4.78 is 0. The number of likely N-dealkylation sites (tertiary alicyclic amines) is 2. The number of piperidine rings is 1. The van der Waals surface area contributed by atoms with Crippen molar-refractivity contribution in [1.29, 1.82) is 5.41 Å². The number of benzene rings is 2. The molecule has 2 aliphatic heterocycles. The molecule has 5 atom stereocenters. The van der Waals surface area contributed by atoms with E-state index in [0.29, 0.717) is 71.0 Å². The number of aryl methyl sites for hydroxylation is 1. The van der Waals surface area contributed by atoms with E-state index in [1.54, 1.807) is 4.90 Å². The molecular formula is C42H63N9O6. The van der Waals surface area contributed by atoms with E-state index in [1.807, 2.05) is 74.5 Å². The molecule has 1 unspecified atom stereocenters. The second-order valence-corrected chi connectivity index (χ2v) is 15.8. The van der Waals surface area contributed by atoms with E-state index in [0.717, 1.165) is 24.1 Å². The third kappa shape index (κ3) is 14.5. The monoisotopic (exact) mass is 789 g/mol. The maximum atomic E-state index is 14.1. The molecule has 4 amide bonds. The fraction of sp³-hybridized carbons (Fsp3) is 0.571. The second kappa shape index (κ2) is 22.7. The number of hydrogen-bond acceptors (Lipinski definition) is 8. The van der Waals surface area contributed by atoms with Crippen molar-refractivity contribution in [1.82, 2.24) is 31.1 Å². The highest BCUT2D eigenvalue weighted by atomic mass is 16.4. The van der Waals surface area contributed by atoms with Crippen LogP contribution >= 0.6 is 0 Å². The summed E-state index contributed by atoms with van der Waals surface area (Å²) in [5, 5.41) is 28.6. The largest absolute Gasteiger partial charge is 0.480 e.